The second-order valence-electron chi connectivity index (χ2n) is 7.27. The fraction of sp³-hybridized carbons (Fsp3) is 0.304. The average Bonchev–Trinajstić information content (AvgIpc) is 3.29. The van der Waals surface area contributed by atoms with Gasteiger partial charge in [0.15, 0.2) is 11.5 Å². The van der Waals surface area contributed by atoms with Gasteiger partial charge in [0.1, 0.15) is 5.01 Å². The Hall–Kier alpha value is -2.95. The Morgan fingerprint density at radius 2 is 1.82 bits per heavy atom. The lowest BCUT2D eigenvalue weighted by Gasteiger charge is -2.18. The zero-order valence-electron chi connectivity index (χ0n) is 18.7. The maximum Gasteiger partial charge on any atom is 0.259 e. The Bertz CT molecular complexity index is 1100. The monoisotopic (exact) mass is 489 g/mol. The molecule has 0 radical (unpaired) electrons. The van der Waals surface area contributed by atoms with Gasteiger partial charge in [-0.3, -0.25) is 14.1 Å². The van der Waals surface area contributed by atoms with Crippen molar-refractivity contribution in [2.45, 2.75) is 32.2 Å². The van der Waals surface area contributed by atoms with Crippen LogP contribution in [-0.2, 0) is 35.3 Å². The van der Waals surface area contributed by atoms with E-state index in [9.17, 15) is 9.00 Å². The molecule has 1 amide bonds. The third kappa shape index (κ3) is 7.01. The molecule has 0 spiro atoms. The number of hydrogen-bond acceptors (Lipinski definition) is 6. The highest BCUT2D eigenvalue weighted by Gasteiger charge is 2.20. The van der Waals surface area contributed by atoms with Gasteiger partial charge in [0.25, 0.3) is 11.3 Å². The summed E-state index contributed by atoms with van der Waals surface area (Å²) in [4.78, 5) is 17.6. The van der Waals surface area contributed by atoms with Crippen LogP contribution in [0.5, 0.6) is 11.5 Å². The Labute approximate surface area is 199 Å². The van der Waals surface area contributed by atoms with Crippen LogP contribution < -0.4 is 19.5 Å². The topological polar surface area (TPSA) is 110 Å². The molecule has 0 saturated carbocycles. The maximum atomic E-state index is 12.9. The summed E-state index contributed by atoms with van der Waals surface area (Å²) in [6.45, 7) is 2.04. The highest BCUT2D eigenvalue weighted by Crippen LogP contribution is 2.28. The lowest BCUT2D eigenvalue weighted by Crippen LogP contribution is -2.31. The first-order chi connectivity index (χ1) is 15.9. The lowest BCUT2D eigenvalue weighted by molar-refractivity contribution is -0.121. The number of benzene rings is 2. The second-order valence-corrected chi connectivity index (χ2v) is 8.86. The van der Waals surface area contributed by atoms with E-state index in [1.807, 2.05) is 30.5 Å². The Kier molecular flexibility index (Phi) is 8.81. The van der Waals surface area contributed by atoms with Gasteiger partial charge in [0.05, 0.1) is 32.4 Å². The fourth-order valence-electron chi connectivity index (χ4n) is 3.31. The third-order valence-corrected chi connectivity index (χ3v) is 6.39. The van der Waals surface area contributed by atoms with Crippen molar-refractivity contribution in [3.05, 3.63) is 69.7 Å². The molecule has 0 aliphatic carbocycles. The maximum absolute atomic E-state index is 12.9. The second kappa shape index (κ2) is 11.8. The number of aryl methyl sites for hydroxylation is 1. The first-order valence-corrected chi connectivity index (χ1v) is 12.3. The molecule has 33 heavy (non-hydrogen) atoms. The van der Waals surface area contributed by atoms with Crippen LogP contribution in [0, 0.1) is 0 Å². The summed E-state index contributed by atoms with van der Waals surface area (Å²) < 4.78 is 32.9. The van der Waals surface area contributed by atoms with Crippen LogP contribution in [0.4, 0.5) is 5.69 Å². The van der Waals surface area contributed by atoms with Crippen LogP contribution in [0.15, 0.2) is 47.8 Å². The number of ether oxygens (including phenoxy) is 2. The van der Waals surface area contributed by atoms with E-state index in [2.05, 4.69) is 15.0 Å². The first-order valence-electron chi connectivity index (χ1n) is 10.3. The zero-order chi connectivity index (χ0) is 23.8. The number of nitrogens with zero attached hydrogens (tertiary/aromatic N) is 1. The Morgan fingerprint density at radius 1 is 1.12 bits per heavy atom. The summed E-state index contributed by atoms with van der Waals surface area (Å²) in [5, 5.41) is 5.96. The van der Waals surface area contributed by atoms with Crippen LogP contribution in [0.2, 0.25) is 0 Å². The van der Waals surface area contributed by atoms with Gasteiger partial charge in [-0.05, 0) is 48.2 Å². The van der Waals surface area contributed by atoms with E-state index in [0.29, 0.717) is 23.6 Å². The predicted molar refractivity (Wildman–Crippen MR) is 130 cm³/mol. The molecule has 0 fully saturated rings. The average molecular weight is 490 g/mol. The molecule has 2 aromatic carbocycles. The van der Waals surface area contributed by atoms with Gasteiger partial charge in [-0.15, -0.1) is 11.3 Å². The molecule has 3 N–H and O–H groups in total. The predicted octanol–water partition coefficient (Wildman–Crippen LogP) is 3.91. The van der Waals surface area contributed by atoms with Gasteiger partial charge >= 0.3 is 0 Å². The zero-order valence-corrected chi connectivity index (χ0v) is 20.3. The number of hydrogen-bond donors (Lipinski definition) is 3. The number of thiazole rings is 1. The third-order valence-electron chi connectivity index (χ3n) is 4.98. The SMILES string of the molecule is CCc1csc([C@H](Cc2ccc(NS(=O)O)cc2)NC(=O)Cc2ccc(OC)c(OC)c2)n1. The summed E-state index contributed by atoms with van der Waals surface area (Å²) in [6, 6.07) is 12.3. The molecule has 3 rings (SSSR count). The quantitative estimate of drug-likeness (QED) is 0.352. The smallest absolute Gasteiger partial charge is 0.259 e. The highest BCUT2D eigenvalue weighted by atomic mass is 32.2. The van der Waals surface area contributed by atoms with E-state index in [1.165, 1.54) is 11.3 Å². The van der Waals surface area contributed by atoms with E-state index < -0.39 is 11.3 Å². The molecule has 1 unspecified atom stereocenters. The summed E-state index contributed by atoms with van der Waals surface area (Å²) >= 11 is -0.602. The minimum absolute atomic E-state index is 0.130. The molecule has 1 aromatic heterocycles. The van der Waals surface area contributed by atoms with E-state index in [1.54, 1.807) is 38.5 Å². The van der Waals surface area contributed by atoms with Crippen molar-refractivity contribution in [2.75, 3.05) is 18.9 Å². The van der Waals surface area contributed by atoms with Gasteiger partial charge < -0.3 is 14.8 Å². The van der Waals surface area contributed by atoms with E-state index >= 15 is 0 Å². The van der Waals surface area contributed by atoms with Crippen LogP contribution in [0.1, 0.15) is 34.8 Å². The summed E-state index contributed by atoms with van der Waals surface area (Å²) in [5.41, 5.74) is 3.30. The van der Waals surface area contributed by atoms with Crippen molar-refractivity contribution >= 4 is 34.2 Å². The molecule has 0 bridgehead atoms. The lowest BCUT2D eigenvalue weighted by atomic mass is 10.0. The molecular formula is C23H27N3O5S2. The molecule has 0 saturated heterocycles. The number of nitrogens with one attached hydrogen (secondary N) is 2. The van der Waals surface area contributed by atoms with Crippen molar-refractivity contribution in [3.8, 4) is 11.5 Å². The molecule has 176 valence electrons. The van der Waals surface area contributed by atoms with E-state index in [-0.39, 0.29) is 18.4 Å². The van der Waals surface area contributed by atoms with Crippen molar-refractivity contribution in [1.29, 1.82) is 0 Å². The van der Waals surface area contributed by atoms with Gasteiger partial charge in [-0.1, -0.05) is 25.1 Å². The van der Waals surface area contributed by atoms with Crippen LogP contribution in [0.3, 0.4) is 0 Å². The fourth-order valence-corrected chi connectivity index (χ4v) is 4.60. The molecule has 2 atom stereocenters. The molecule has 10 heteroatoms. The van der Waals surface area contributed by atoms with Crippen molar-refractivity contribution in [1.82, 2.24) is 10.3 Å². The number of amides is 1. The largest absolute Gasteiger partial charge is 0.493 e. The van der Waals surface area contributed by atoms with E-state index in [0.717, 1.165) is 28.2 Å². The highest BCUT2D eigenvalue weighted by molar-refractivity contribution is 7.80. The van der Waals surface area contributed by atoms with Gasteiger partial charge in [0, 0.05) is 11.1 Å². The minimum Gasteiger partial charge on any atom is -0.493 e. The molecule has 8 nitrogen and oxygen atoms in total. The number of carbonyl (C=O) groups excluding carboxylic acids is 1. The van der Waals surface area contributed by atoms with Crippen molar-refractivity contribution in [3.63, 3.8) is 0 Å². The molecule has 1 heterocycles. The number of rotatable bonds is 11. The van der Waals surface area contributed by atoms with Crippen molar-refractivity contribution in [2.24, 2.45) is 0 Å². The molecule has 0 aliphatic rings. The normalized spacial score (nSPS) is 12.6. The number of aromatic nitrogens is 1. The number of methoxy groups -OCH3 is 2. The number of carbonyl (C=O) groups is 1. The molecule has 3 aromatic rings. The Balaban J connectivity index is 1.75. The molecule has 0 aliphatic heterocycles. The number of anilines is 1. The van der Waals surface area contributed by atoms with E-state index in [4.69, 9.17) is 14.0 Å². The van der Waals surface area contributed by atoms with Gasteiger partial charge in [-0.25, -0.2) is 9.19 Å². The van der Waals surface area contributed by atoms with Crippen LogP contribution >= 0.6 is 11.3 Å². The van der Waals surface area contributed by atoms with Gasteiger partial charge in [-0.2, -0.15) is 0 Å². The summed E-state index contributed by atoms with van der Waals surface area (Å²) in [7, 11) is 3.13. The Morgan fingerprint density at radius 3 is 2.42 bits per heavy atom. The van der Waals surface area contributed by atoms with Crippen LogP contribution in [-0.4, -0.2) is 33.9 Å². The summed E-state index contributed by atoms with van der Waals surface area (Å²) in [5.74, 6) is 1.05. The van der Waals surface area contributed by atoms with Crippen LogP contribution in [0.25, 0.3) is 0 Å². The molecular weight excluding hydrogens is 462 g/mol. The summed E-state index contributed by atoms with van der Waals surface area (Å²) in [6.07, 6.45) is 1.55. The standard InChI is InChI=1S/C23H27N3O5S2/c1-4-17-14-32-23(24-17)19(11-15-5-8-18(9-6-15)26-33(28)29)25-22(27)13-16-7-10-20(30-2)21(12-16)31-3/h5-10,12,14,19,26H,4,11,13H2,1-3H3,(H,25,27)(H,28,29)/t19-/m0/s1. The first kappa shape index (κ1) is 24.7. The van der Waals surface area contributed by atoms with Crippen molar-refractivity contribution < 1.29 is 23.0 Å². The van der Waals surface area contributed by atoms with Gasteiger partial charge in [0.2, 0.25) is 5.91 Å². The minimum atomic E-state index is -2.13.